The normalized spacial score (nSPS) is 12.3. The van der Waals surface area contributed by atoms with Gasteiger partial charge in [-0.25, -0.2) is 4.68 Å². The molecular formula is C18H27N5O. The minimum absolute atomic E-state index is 0.0444. The van der Waals surface area contributed by atoms with Crippen molar-refractivity contribution in [3.05, 3.63) is 47.8 Å². The maximum atomic E-state index is 12.2. The number of benzene rings is 1. The fourth-order valence-corrected chi connectivity index (χ4v) is 2.59. The maximum Gasteiger partial charge on any atom is 0.273 e. The Balaban J connectivity index is 1.85. The molecule has 1 unspecified atom stereocenters. The number of carbonyl (C=O) groups excluding carboxylic acids is 1. The molecule has 1 aromatic carbocycles. The smallest absolute Gasteiger partial charge is 0.273 e. The molecule has 6 heteroatoms. The van der Waals surface area contributed by atoms with Crippen LogP contribution >= 0.6 is 0 Å². The molecule has 1 amide bonds. The van der Waals surface area contributed by atoms with Crippen LogP contribution in [0.1, 0.15) is 49.3 Å². The van der Waals surface area contributed by atoms with Crippen LogP contribution in [0.4, 0.5) is 0 Å². The van der Waals surface area contributed by atoms with Gasteiger partial charge in [0.25, 0.3) is 5.91 Å². The van der Waals surface area contributed by atoms with E-state index < -0.39 is 0 Å². The van der Waals surface area contributed by atoms with Crippen molar-refractivity contribution in [1.29, 1.82) is 0 Å². The molecule has 0 saturated heterocycles. The molecule has 1 atom stereocenters. The predicted octanol–water partition coefficient (Wildman–Crippen LogP) is 2.35. The lowest BCUT2D eigenvalue weighted by Gasteiger charge is -2.17. The highest BCUT2D eigenvalue weighted by atomic mass is 16.2. The van der Waals surface area contributed by atoms with E-state index >= 15 is 0 Å². The average molecular weight is 329 g/mol. The fraction of sp³-hybridized carbons (Fsp3) is 0.500. The van der Waals surface area contributed by atoms with E-state index in [1.807, 2.05) is 37.3 Å². The molecule has 1 aromatic heterocycles. The van der Waals surface area contributed by atoms with Gasteiger partial charge in [0.1, 0.15) is 0 Å². The number of rotatable bonds is 9. The molecule has 2 aromatic rings. The Morgan fingerprint density at radius 1 is 1.25 bits per heavy atom. The Labute approximate surface area is 143 Å². The molecule has 1 heterocycles. The van der Waals surface area contributed by atoms with Crippen molar-refractivity contribution in [1.82, 2.24) is 25.2 Å². The molecule has 0 radical (unpaired) electrons. The Hall–Kier alpha value is -2.21. The largest absolute Gasteiger partial charge is 0.351 e. The molecule has 0 aliphatic heterocycles. The summed E-state index contributed by atoms with van der Waals surface area (Å²) < 4.78 is 1.72. The minimum atomic E-state index is -0.166. The number of hydrogen-bond donors (Lipinski definition) is 1. The van der Waals surface area contributed by atoms with Crippen molar-refractivity contribution >= 4 is 5.91 Å². The Bertz CT molecular complexity index is 621. The summed E-state index contributed by atoms with van der Waals surface area (Å²) in [7, 11) is 0. The molecule has 2 rings (SSSR count). The number of carbonyl (C=O) groups is 1. The summed E-state index contributed by atoms with van der Waals surface area (Å²) in [6.07, 6.45) is 2.64. The number of nitrogens with zero attached hydrogens (tertiary/aromatic N) is 4. The molecule has 1 N–H and O–H groups in total. The summed E-state index contributed by atoms with van der Waals surface area (Å²) in [5.41, 5.74) is 1.49. The standard InChI is InChI=1S/C18H27N5O/c1-4-22(5-2)13-9-12-19-18(24)17-14-23(21-20-17)15(3)16-10-7-6-8-11-16/h6-8,10-11,14-15H,4-5,9,12-13H2,1-3H3,(H,19,24). The first-order valence-corrected chi connectivity index (χ1v) is 8.63. The summed E-state index contributed by atoms with van der Waals surface area (Å²) in [5, 5.41) is 11.0. The van der Waals surface area contributed by atoms with Crippen LogP contribution in [0, 0.1) is 0 Å². The third kappa shape index (κ3) is 4.89. The molecule has 0 saturated carbocycles. The molecule has 0 spiro atoms. The number of nitrogens with one attached hydrogen (secondary N) is 1. The minimum Gasteiger partial charge on any atom is -0.351 e. The molecule has 6 nitrogen and oxygen atoms in total. The predicted molar refractivity (Wildman–Crippen MR) is 95.0 cm³/mol. The molecule has 0 aliphatic rings. The van der Waals surface area contributed by atoms with Gasteiger partial charge < -0.3 is 10.2 Å². The van der Waals surface area contributed by atoms with Crippen LogP contribution in [0.25, 0.3) is 0 Å². The maximum absolute atomic E-state index is 12.2. The van der Waals surface area contributed by atoms with E-state index in [-0.39, 0.29) is 11.9 Å². The van der Waals surface area contributed by atoms with Gasteiger partial charge in [0, 0.05) is 6.54 Å². The topological polar surface area (TPSA) is 63.1 Å². The van der Waals surface area contributed by atoms with Gasteiger partial charge in [0.05, 0.1) is 12.2 Å². The Morgan fingerprint density at radius 2 is 1.96 bits per heavy atom. The zero-order chi connectivity index (χ0) is 17.4. The third-order valence-electron chi connectivity index (χ3n) is 4.25. The first kappa shape index (κ1) is 18.1. The zero-order valence-electron chi connectivity index (χ0n) is 14.8. The summed E-state index contributed by atoms with van der Waals surface area (Å²) in [6, 6.07) is 10.1. The number of hydrogen-bond acceptors (Lipinski definition) is 4. The number of amides is 1. The van der Waals surface area contributed by atoms with Crippen molar-refractivity contribution in [3.63, 3.8) is 0 Å². The van der Waals surface area contributed by atoms with Crippen LogP contribution in [0.15, 0.2) is 36.5 Å². The molecule has 24 heavy (non-hydrogen) atoms. The summed E-state index contributed by atoms with van der Waals surface area (Å²) in [6.45, 7) is 10.0. The van der Waals surface area contributed by atoms with Crippen molar-refractivity contribution in [3.8, 4) is 0 Å². The van der Waals surface area contributed by atoms with Crippen molar-refractivity contribution in [2.75, 3.05) is 26.2 Å². The van der Waals surface area contributed by atoms with Crippen molar-refractivity contribution < 1.29 is 4.79 Å². The quantitative estimate of drug-likeness (QED) is 0.717. The molecular weight excluding hydrogens is 302 g/mol. The van der Waals surface area contributed by atoms with Crippen LogP contribution in [-0.4, -0.2) is 52.0 Å². The SMILES string of the molecule is CCN(CC)CCCNC(=O)c1cn(C(C)c2ccccc2)nn1. The van der Waals surface area contributed by atoms with E-state index in [0.29, 0.717) is 12.2 Å². The monoisotopic (exact) mass is 329 g/mol. The summed E-state index contributed by atoms with van der Waals surface area (Å²) >= 11 is 0. The van der Waals surface area contributed by atoms with Gasteiger partial charge in [-0.1, -0.05) is 49.4 Å². The van der Waals surface area contributed by atoms with Gasteiger partial charge in [-0.15, -0.1) is 5.10 Å². The van der Waals surface area contributed by atoms with E-state index in [1.54, 1.807) is 10.9 Å². The van der Waals surface area contributed by atoms with Crippen LogP contribution in [0.5, 0.6) is 0 Å². The van der Waals surface area contributed by atoms with E-state index in [4.69, 9.17) is 0 Å². The molecule has 0 aliphatic carbocycles. The average Bonchev–Trinajstić information content (AvgIpc) is 3.12. The first-order chi connectivity index (χ1) is 11.7. The van der Waals surface area contributed by atoms with Gasteiger partial charge in [-0.05, 0) is 38.5 Å². The van der Waals surface area contributed by atoms with Crippen molar-refractivity contribution in [2.45, 2.75) is 33.2 Å². The summed E-state index contributed by atoms with van der Waals surface area (Å²) in [5.74, 6) is -0.166. The van der Waals surface area contributed by atoms with Gasteiger partial charge in [-0.3, -0.25) is 4.79 Å². The van der Waals surface area contributed by atoms with Gasteiger partial charge in [0.2, 0.25) is 0 Å². The second kappa shape index (κ2) is 9.17. The van der Waals surface area contributed by atoms with Gasteiger partial charge in [-0.2, -0.15) is 0 Å². The van der Waals surface area contributed by atoms with Gasteiger partial charge >= 0.3 is 0 Å². The lowest BCUT2D eigenvalue weighted by atomic mass is 10.1. The second-order valence-corrected chi connectivity index (χ2v) is 5.81. The lowest BCUT2D eigenvalue weighted by molar-refractivity contribution is 0.0946. The second-order valence-electron chi connectivity index (χ2n) is 5.81. The van der Waals surface area contributed by atoms with Crippen LogP contribution in [-0.2, 0) is 0 Å². The van der Waals surface area contributed by atoms with Crippen LogP contribution < -0.4 is 5.32 Å². The van der Waals surface area contributed by atoms with Gasteiger partial charge in [0.15, 0.2) is 5.69 Å². The summed E-state index contributed by atoms with van der Waals surface area (Å²) in [4.78, 5) is 14.5. The van der Waals surface area contributed by atoms with Crippen molar-refractivity contribution in [2.24, 2.45) is 0 Å². The number of aromatic nitrogens is 3. The van der Waals surface area contributed by atoms with E-state index in [0.717, 1.165) is 31.6 Å². The molecule has 0 fully saturated rings. The zero-order valence-corrected chi connectivity index (χ0v) is 14.8. The molecule has 130 valence electrons. The first-order valence-electron chi connectivity index (χ1n) is 8.63. The lowest BCUT2D eigenvalue weighted by Crippen LogP contribution is -2.30. The highest BCUT2D eigenvalue weighted by Crippen LogP contribution is 2.16. The van der Waals surface area contributed by atoms with E-state index in [9.17, 15) is 4.79 Å². The van der Waals surface area contributed by atoms with Crippen LogP contribution in [0.3, 0.4) is 0 Å². The Morgan fingerprint density at radius 3 is 2.62 bits per heavy atom. The Kier molecular flexibility index (Phi) is 6.93. The fourth-order valence-electron chi connectivity index (χ4n) is 2.59. The van der Waals surface area contributed by atoms with E-state index in [2.05, 4.69) is 34.4 Å². The van der Waals surface area contributed by atoms with Crippen LogP contribution in [0.2, 0.25) is 0 Å². The highest BCUT2D eigenvalue weighted by Gasteiger charge is 2.14. The third-order valence-corrected chi connectivity index (χ3v) is 4.25. The highest BCUT2D eigenvalue weighted by molar-refractivity contribution is 5.91. The molecule has 0 bridgehead atoms. The van der Waals surface area contributed by atoms with E-state index in [1.165, 1.54) is 0 Å².